The van der Waals surface area contributed by atoms with Crippen molar-refractivity contribution in [3.05, 3.63) is 71.3 Å². The van der Waals surface area contributed by atoms with E-state index in [1.54, 1.807) is 24.3 Å². The van der Waals surface area contributed by atoms with Gasteiger partial charge in [0.1, 0.15) is 24.7 Å². The predicted molar refractivity (Wildman–Crippen MR) is 164 cm³/mol. The van der Waals surface area contributed by atoms with Gasteiger partial charge in [0.2, 0.25) is 0 Å². The molecule has 3 aromatic carbocycles. The zero-order valence-corrected chi connectivity index (χ0v) is 26.1. The Bertz CT molecular complexity index is 1350. The number of ether oxygens (including phenoxy) is 2. The summed E-state index contributed by atoms with van der Waals surface area (Å²) in [6.07, 6.45) is 9.89. The summed E-state index contributed by atoms with van der Waals surface area (Å²) in [5.74, 6) is -1.90. The zero-order valence-electron chi connectivity index (χ0n) is 25.2. The van der Waals surface area contributed by atoms with Gasteiger partial charge in [-0.2, -0.15) is 0 Å². The average Bonchev–Trinajstić information content (AvgIpc) is 3.03. The van der Waals surface area contributed by atoms with Crippen LogP contribution >= 0.6 is 0 Å². The summed E-state index contributed by atoms with van der Waals surface area (Å²) < 4.78 is 39.7. The SMILES string of the molecule is [Cu+2].[O-]c1cc(OCCN2CCCCC2)ccc1C=Nc1cc(F)c(F)cc1N=Cc1ccc(OCCN2CCCCC2)cc1[O-]. The van der Waals surface area contributed by atoms with E-state index in [2.05, 4.69) is 19.8 Å². The van der Waals surface area contributed by atoms with Crippen molar-refractivity contribution < 1.29 is 45.5 Å². The molecule has 2 fully saturated rings. The molecular formula is C34H38CuF2N4O4. The van der Waals surface area contributed by atoms with Crippen molar-refractivity contribution in [2.45, 2.75) is 38.5 Å². The van der Waals surface area contributed by atoms with Gasteiger partial charge < -0.3 is 19.7 Å². The Morgan fingerprint density at radius 1 is 0.622 bits per heavy atom. The number of hydrogen-bond acceptors (Lipinski definition) is 8. The molecule has 3 aromatic rings. The molecule has 0 bridgehead atoms. The third kappa shape index (κ3) is 10.3. The first-order chi connectivity index (χ1) is 21.4. The summed E-state index contributed by atoms with van der Waals surface area (Å²) >= 11 is 0. The van der Waals surface area contributed by atoms with Crippen LogP contribution in [-0.2, 0) is 17.1 Å². The molecule has 2 aliphatic heterocycles. The molecule has 0 saturated carbocycles. The molecular weight excluding hydrogens is 630 g/mol. The molecule has 11 heteroatoms. The van der Waals surface area contributed by atoms with Crippen LogP contribution in [0.15, 0.2) is 58.5 Å². The van der Waals surface area contributed by atoms with Crippen molar-refractivity contribution >= 4 is 23.8 Å². The van der Waals surface area contributed by atoms with Gasteiger partial charge in [-0.3, -0.25) is 19.8 Å². The Morgan fingerprint density at radius 3 is 1.40 bits per heavy atom. The van der Waals surface area contributed by atoms with Gasteiger partial charge in [-0.05, 0) is 87.3 Å². The van der Waals surface area contributed by atoms with Gasteiger partial charge in [0.05, 0.1) is 11.4 Å². The summed E-state index contributed by atoms with van der Waals surface area (Å²) in [6.45, 7) is 6.87. The molecule has 5 rings (SSSR count). The van der Waals surface area contributed by atoms with E-state index in [0.717, 1.165) is 51.4 Å². The van der Waals surface area contributed by atoms with Gasteiger partial charge in [0.15, 0.2) is 11.6 Å². The smallest absolute Gasteiger partial charge is 0.872 e. The van der Waals surface area contributed by atoms with Crippen LogP contribution in [0.4, 0.5) is 20.2 Å². The van der Waals surface area contributed by atoms with Gasteiger partial charge >= 0.3 is 17.1 Å². The predicted octanol–water partition coefficient (Wildman–Crippen LogP) is 5.34. The normalized spacial score (nSPS) is 16.2. The van der Waals surface area contributed by atoms with E-state index in [9.17, 15) is 19.0 Å². The van der Waals surface area contributed by atoms with Crippen molar-refractivity contribution in [3.63, 3.8) is 0 Å². The quantitative estimate of drug-likeness (QED) is 0.191. The summed E-state index contributed by atoms with van der Waals surface area (Å²) in [6, 6.07) is 11.1. The molecule has 0 aromatic heterocycles. The van der Waals surface area contributed by atoms with Gasteiger partial charge in [-0.25, -0.2) is 8.78 Å². The van der Waals surface area contributed by atoms with Crippen LogP contribution in [0, 0.1) is 11.6 Å². The molecule has 0 atom stereocenters. The minimum Gasteiger partial charge on any atom is -0.872 e. The molecule has 0 spiro atoms. The molecule has 2 saturated heterocycles. The minimum atomic E-state index is -1.11. The van der Waals surface area contributed by atoms with Crippen LogP contribution in [0.2, 0.25) is 0 Å². The van der Waals surface area contributed by atoms with E-state index in [1.807, 2.05) is 0 Å². The van der Waals surface area contributed by atoms with Crippen LogP contribution in [0.5, 0.6) is 23.0 Å². The molecule has 45 heavy (non-hydrogen) atoms. The molecule has 0 N–H and O–H groups in total. The summed E-state index contributed by atoms with van der Waals surface area (Å²) in [7, 11) is 0. The van der Waals surface area contributed by atoms with Gasteiger partial charge in [-0.15, -0.1) is 0 Å². The number of nitrogens with zero attached hydrogens (tertiary/aromatic N) is 4. The first-order valence-electron chi connectivity index (χ1n) is 15.3. The second-order valence-corrected chi connectivity index (χ2v) is 11.2. The van der Waals surface area contributed by atoms with Gasteiger partial charge in [0.25, 0.3) is 0 Å². The number of aliphatic imine (C=N–C) groups is 2. The standard InChI is InChI=1S/C34H40F2N4O4.Cu/c35-29-21-31(37-23-25-7-9-27(19-33(25)41)43-17-15-39-11-3-1-4-12-39)32(22-30(29)36)38-24-26-8-10-28(20-34(26)42)44-18-16-40-13-5-2-6-14-40;/h7-10,19-24,41-42H,1-6,11-18H2;/q;+2/p-2. The maximum Gasteiger partial charge on any atom is 2.00 e. The van der Waals surface area contributed by atoms with E-state index in [-0.39, 0.29) is 51.1 Å². The third-order valence-electron chi connectivity index (χ3n) is 7.92. The summed E-state index contributed by atoms with van der Waals surface area (Å²) in [5.41, 5.74) is 0.523. The molecule has 0 aliphatic carbocycles. The molecule has 1 radical (unpaired) electrons. The molecule has 8 nitrogen and oxygen atoms in total. The first kappa shape index (κ1) is 34.4. The molecule has 243 valence electrons. The minimum absolute atomic E-state index is 0. The largest absolute Gasteiger partial charge is 2.00 e. The second-order valence-electron chi connectivity index (χ2n) is 11.2. The Labute approximate surface area is 273 Å². The molecule has 0 unspecified atom stereocenters. The summed E-state index contributed by atoms with van der Waals surface area (Å²) in [5, 5.41) is 25.3. The number of rotatable bonds is 12. The maximum absolute atomic E-state index is 14.1. The Balaban J connectivity index is 0.00000461. The fourth-order valence-electron chi connectivity index (χ4n) is 5.38. The average molecular weight is 668 g/mol. The van der Waals surface area contributed by atoms with Crippen molar-refractivity contribution in [1.82, 2.24) is 9.80 Å². The fourth-order valence-corrected chi connectivity index (χ4v) is 5.38. The van der Waals surface area contributed by atoms with E-state index in [0.29, 0.717) is 24.7 Å². The fraction of sp³-hybridized carbons (Fsp3) is 0.412. The number of piperidine rings is 2. The number of likely N-dealkylation sites (tertiary alicyclic amines) is 2. The maximum atomic E-state index is 14.1. The molecule has 2 aliphatic rings. The Morgan fingerprint density at radius 2 is 1.02 bits per heavy atom. The number of hydrogen-bond donors (Lipinski definition) is 0. The van der Waals surface area contributed by atoms with Crippen LogP contribution in [0.3, 0.4) is 0 Å². The second kappa shape index (κ2) is 17.3. The van der Waals surface area contributed by atoms with Crippen molar-refractivity contribution in [2.24, 2.45) is 9.98 Å². The van der Waals surface area contributed by atoms with Crippen molar-refractivity contribution in [1.29, 1.82) is 0 Å². The number of benzene rings is 3. The van der Waals surface area contributed by atoms with E-state index >= 15 is 0 Å². The van der Waals surface area contributed by atoms with Gasteiger partial charge in [0, 0.05) is 37.7 Å². The van der Waals surface area contributed by atoms with Crippen LogP contribution in [0.1, 0.15) is 49.7 Å². The van der Waals surface area contributed by atoms with Gasteiger partial charge in [-0.1, -0.05) is 36.5 Å². The molecule has 2 heterocycles. The zero-order chi connectivity index (χ0) is 30.7. The van der Waals surface area contributed by atoms with Crippen LogP contribution in [0.25, 0.3) is 0 Å². The van der Waals surface area contributed by atoms with Crippen LogP contribution in [-0.4, -0.2) is 74.7 Å². The van der Waals surface area contributed by atoms with E-state index in [4.69, 9.17) is 9.47 Å². The van der Waals surface area contributed by atoms with Crippen molar-refractivity contribution in [3.8, 4) is 23.0 Å². The van der Waals surface area contributed by atoms with Crippen LogP contribution < -0.4 is 19.7 Å². The van der Waals surface area contributed by atoms with Crippen molar-refractivity contribution in [2.75, 3.05) is 52.5 Å². The monoisotopic (exact) mass is 667 g/mol. The third-order valence-corrected chi connectivity index (χ3v) is 7.92. The Kier molecular flexibility index (Phi) is 13.2. The number of halogens is 2. The van der Waals surface area contributed by atoms with E-state index in [1.165, 1.54) is 63.1 Å². The summed E-state index contributed by atoms with van der Waals surface area (Å²) in [4.78, 5) is 13.1. The first-order valence-corrected chi connectivity index (χ1v) is 15.3. The molecule has 0 amide bonds. The topological polar surface area (TPSA) is 95.8 Å². The van der Waals surface area contributed by atoms with E-state index < -0.39 is 11.6 Å². The Hall–Kier alpha value is -3.50.